The molecule has 0 amide bonds. The van der Waals surface area contributed by atoms with Crippen molar-refractivity contribution in [3.05, 3.63) is 50.6 Å². The van der Waals surface area contributed by atoms with Gasteiger partial charge in [-0.1, -0.05) is 15.9 Å². The summed E-state index contributed by atoms with van der Waals surface area (Å²) in [6, 6.07) is 6.24. The molecule has 6 nitrogen and oxygen atoms in total. The molecule has 0 spiro atoms. The van der Waals surface area contributed by atoms with Gasteiger partial charge in [-0.15, -0.1) is 0 Å². The van der Waals surface area contributed by atoms with Gasteiger partial charge in [-0.3, -0.25) is 10.1 Å². The number of hydrogen-bond acceptors (Lipinski definition) is 5. The van der Waals surface area contributed by atoms with Gasteiger partial charge < -0.3 is 10.5 Å². The number of aromatic nitrogens is 1. The van der Waals surface area contributed by atoms with E-state index in [9.17, 15) is 10.1 Å². The SMILES string of the molecule is Cc1cc(N)cnc1Oc1ccc(Br)cc1[N+](=O)[O-]. The molecule has 0 radical (unpaired) electrons. The molecule has 2 rings (SSSR count). The van der Waals surface area contributed by atoms with E-state index in [0.717, 1.165) is 0 Å². The van der Waals surface area contributed by atoms with Crippen LogP contribution in [0.15, 0.2) is 34.9 Å². The Balaban J connectivity index is 2.40. The number of anilines is 1. The Morgan fingerprint density at radius 1 is 1.42 bits per heavy atom. The summed E-state index contributed by atoms with van der Waals surface area (Å²) in [5.74, 6) is 0.424. The number of nitrogens with zero attached hydrogens (tertiary/aromatic N) is 2. The van der Waals surface area contributed by atoms with Gasteiger partial charge in [-0.25, -0.2) is 4.98 Å². The second-order valence-electron chi connectivity index (χ2n) is 3.86. The third-order valence-corrected chi connectivity index (χ3v) is 2.87. The number of nitro benzene ring substituents is 1. The Kier molecular flexibility index (Phi) is 3.66. The van der Waals surface area contributed by atoms with Crippen LogP contribution in [-0.4, -0.2) is 9.91 Å². The highest BCUT2D eigenvalue weighted by molar-refractivity contribution is 9.10. The topological polar surface area (TPSA) is 91.3 Å². The van der Waals surface area contributed by atoms with Gasteiger partial charge in [-0.2, -0.15) is 0 Å². The number of halogens is 1. The largest absolute Gasteiger partial charge is 0.432 e. The van der Waals surface area contributed by atoms with E-state index in [2.05, 4.69) is 20.9 Å². The molecule has 2 N–H and O–H groups in total. The molecule has 1 aromatic carbocycles. The molecule has 0 atom stereocenters. The summed E-state index contributed by atoms with van der Waals surface area (Å²) in [5.41, 5.74) is 6.67. The fourth-order valence-electron chi connectivity index (χ4n) is 1.51. The van der Waals surface area contributed by atoms with E-state index in [1.165, 1.54) is 18.3 Å². The summed E-state index contributed by atoms with van der Waals surface area (Å²) >= 11 is 3.18. The van der Waals surface area contributed by atoms with Gasteiger partial charge in [0.1, 0.15) is 0 Å². The van der Waals surface area contributed by atoms with Crippen molar-refractivity contribution in [2.24, 2.45) is 0 Å². The van der Waals surface area contributed by atoms with Crippen LogP contribution in [0.25, 0.3) is 0 Å². The van der Waals surface area contributed by atoms with Crippen molar-refractivity contribution < 1.29 is 9.66 Å². The van der Waals surface area contributed by atoms with Crippen molar-refractivity contribution in [2.45, 2.75) is 6.92 Å². The number of nitrogen functional groups attached to an aromatic ring is 1. The number of hydrogen-bond donors (Lipinski definition) is 1. The van der Waals surface area contributed by atoms with E-state index < -0.39 is 4.92 Å². The van der Waals surface area contributed by atoms with Gasteiger partial charge in [-0.05, 0) is 25.1 Å². The molecule has 98 valence electrons. The fourth-order valence-corrected chi connectivity index (χ4v) is 1.86. The summed E-state index contributed by atoms with van der Waals surface area (Å²) in [7, 11) is 0. The van der Waals surface area contributed by atoms with Gasteiger partial charge >= 0.3 is 5.69 Å². The number of nitro groups is 1. The van der Waals surface area contributed by atoms with Crippen molar-refractivity contribution >= 4 is 27.3 Å². The highest BCUT2D eigenvalue weighted by Gasteiger charge is 2.17. The number of aryl methyl sites for hydroxylation is 1. The van der Waals surface area contributed by atoms with Crippen LogP contribution in [0.5, 0.6) is 11.6 Å². The lowest BCUT2D eigenvalue weighted by Gasteiger charge is -2.08. The predicted molar refractivity (Wildman–Crippen MR) is 74.3 cm³/mol. The fraction of sp³-hybridized carbons (Fsp3) is 0.0833. The zero-order valence-electron chi connectivity index (χ0n) is 9.96. The van der Waals surface area contributed by atoms with E-state index in [1.54, 1.807) is 19.1 Å². The average molecular weight is 324 g/mol. The van der Waals surface area contributed by atoms with E-state index in [1.807, 2.05) is 0 Å². The van der Waals surface area contributed by atoms with Crippen LogP contribution in [0.2, 0.25) is 0 Å². The first kappa shape index (κ1) is 13.3. The zero-order chi connectivity index (χ0) is 14.0. The predicted octanol–water partition coefficient (Wildman–Crippen LogP) is 3.44. The van der Waals surface area contributed by atoms with Crippen LogP contribution in [0, 0.1) is 17.0 Å². The summed E-state index contributed by atoms with van der Waals surface area (Å²) in [6.07, 6.45) is 1.44. The maximum Gasteiger partial charge on any atom is 0.312 e. The van der Waals surface area contributed by atoms with Gasteiger partial charge in [0.25, 0.3) is 0 Å². The average Bonchev–Trinajstić information content (AvgIpc) is 2.34. The minimum atomic E-state index is -0.507. The lowest BCUT2D eigenvalue weighted by Crippen LogP contribution is -1.97. The van der Waals surface area contributed by atoms with Crippen LogP contribution in [0.1, 0.15) is 5.56 Å². The molecule has 0 fully saturated rings. The monoisotopic (exact) mass is 323 g/mol. The number of nitrogens with two attached hydrogens (primary N) is 1. The smallest absolute Gasteiger partial charge is 0.312 e. The van der Waals surface area contributed by atoms with Crippen LogP contribution >= 0.6 is 15.9 Å². The molecule has 0 bridgehead atoms. The second kappa shape index (κ2) is 5.23. The third-order valence-electron chi connectivity index (χ3n) is 2.38. The first-order chi connectivity index (χ1) is 8.97. The summed E-state index contributed by atoms with van der Waals surface area (Å²) in [6.45, 7) is 1.77. The Morgan fingerprint density at radius 3 is 2.79 bits per heavy atom. The standard InChI is InChI=1S/C12H10BrN3O3/c1-7-4-9(14)6-15-12(7)19-11-3-2-8(13)5-10(11)16(17)18/h2-6H,14H2,1H3. The number of ether oxygens (including phenoxy) is 1. The number of benzene rings is 1. The third kappa shape index (κ3) is 3.00. The van der Waals surface area contributed by atoms with Crippen molar-refractivity contribution in [3.8, 4) is 11.6 Å². The molecule has 0 unspecified atom stereocenters. The molecule has 1 aromatic heterocycles. The van der Waals surface area contributed by atoms with Crippen molar-refractivity contribution in [2.75, 3.05) is 5.73 Å². The van der Waals surface area contributed by atoms with Gasteiger partial charge in [0.05, 0.1) is 16.8 Å². The quantitative estimate of drug-likeness (QED) is 0.690. The Morgan fingerprint density at radius 2 is 2.16 bits per heavy atom. The first-order valence-corrected chi connectivity index (χ1v) is 6.10. The lowest BCUT2D eigenvalue weighted by atomic mass is 10.2. The van der Waals surface area contributed by atoms with E-state index in [-0.39, 0.29) is 11.4 Å². The first-order valence-electron chi connectivity index (χ1n) is 5.31. The Hall–Kier alpha value is -2.15. The zero-order valence-corrected chi connectivity index (χ0v) is 11.5. The van der Waals surface area contributed by atoms with E-state index in [0.29, 0.717) is 21.6 Å². The summed E-state index contributed by atoms with van der Waals surface area (Å²) in [4.78, 5) is 14.5. The maximum atomic E-state index is 11.0. The Bertz CT molecular complexity index is 646. The molecule has 0 aliphatic rings. The molecular formula is C12H10BrN3O3. The Labute approximate surface area is 117 Å². The molecule has 0 saturated heterocycles. The number of pyridine rings is 1. The molecule has 0 aliphatic heterocycles. The summed E-state index contributed by atoms with van der Waals surface area (Å²) in [5, 5.41) is 11.0. The van der Waals surface area contributed by atoms with Crippen LogP contribution in [0.3, 0.4) is 0 Å². The summed E-state index contributed by atoms with van der Waals surface area (Å²) < 4.78 is 6.09. The van der Waals surface area contributed by atoms with Crippen LogP contribution < -0.4 is 10.5 Å². The van der Waals surface area contributed by atoms with E-state index >= 15 is 0 Å². The highest BCUT2D eigenvalue weighted by Crippen LogP contribution is 2.34. The van der Waals surface area contributed by atoms with Crippen LogP contribution in [-0.2, 0) is 0 Å². The van der Waals surface area contributed by atoms with Gasteiger partial charge in [0.15, 0.2) is 0 Å². The molecule has 0 aliphatic carbocycles. The normalized spacial score (nSPS) is 10.2. The number of rotatable bonds is 3. The second-order valence-corrected chi connectivity index (χ2v) is 4.78. The maximum absolute atomic E-state index is 11.0. The molecule has 1 heterocycles. The minimum absolute atomic E-state index is 0.132. The van der Waals surface area contributed by atoms with Crippen molar-refractivity contribution in [1.82, 2.24) is 4.98 Å². The van der Waals surface area contributed by atoms with Crippen LogP contribution in [0.4, 0.5) is 11.4 Å². The van der Waals surface area contributed by atoms with Gasteiger partial charge in [0, 0.05) is 16.1 Å². The van der Waals surface area contributed by atoms with Gasteiger partial charge in [0.2, 0.25) is 11.6 Å². The molecule has 0 saturated carbocycles. The lowest BCUT2D eigenvalue weighted by molar-refractivity contribution is -0.385. The van der Waals surface area contributed by atoms with Crippen molar-refractivity contribution in [3.63, 3.8) is 0 Å². The molecule has 2 aromatic rings. The van der Waals surface area contributed by atoms with Crippen molar-refractivity contribution in [1.29, 1.82) is 0 Å². The molecule has 7 heteroatoms. The molecular weight excluding hydrogens is 314 g/mol. The molecule has 19 heavy (non-hydrogen) atoms. The highest BCUT2D eigenvalue weighted by atomic mass is 79.9. The minimum Gasteiger partial charge on any atom is -0.432 e. The van der Waals surface area contributed by atoms with E-state index in [4.69, 9.17) is 10.5 Å².